The van der Waals surface area contributed by atoms with Crippen LogP contribution in [-0.4, -0.2) is 11.1 Å². The fourth-order valence-electron chi connectivity index (χ4n) is 1.63. The maximum Gasteiger partial charge on any atom is 0.331 e. The normalized spacial score (nSPS) is 14.5. The molecule has 0 amide bonds. The summed E-state index contributed by atoms with van der Waals surface area (Å²) in [5.41, 5.74) is 2.74. The van der Waals surface area contributed by atoms with E-state index in [9.17, 15) is 4.79 Å². The first-order valence-electron chi connectivity index (χ1n) is 4.39. The Labute approximate surface area is 90.4 Å². The van der Waals surface area contributed by atoms with Gasteiger partial charge < -0.3 is 5.11 Å². The molecule has 1 aromatic rings. The lowest BCUT2D eigenvalue weighted by Crippen LogP contribution is -2.07. The Morgan fingerprint density at radius 2 is 2.14 bits per heavy atom. The number of carboxylic acids is 1. The molecule has 0 radical (unpaired) electrons. The van der Waals surface area contributed by atoms with E-state index in [0.29, 0.717) is 12.0 Å². The molecule has 1 aromatic carbocycles. The van der Waals surface area contributed by atoms with Crippen LogP contribution in [0.5, 0.6) is 0 Å². The zero-order valence-electron chi connectivity index (χ0n) is 7.46. The van der Waals surface area contributed by atoms with Crippen LogP contribution in [0, 0.1) is 0 Å². The first-order valence-corrected chi connectivity index (χ1v) is 5.18. The molecule has 0 spiro atoms. The van der Waals surface area contributed by atoms with Crippen LogP contribution in [0.3, 0.4) is 0 Å². The summed E-state index contributed by atoms with van der Waals surface area (Å²) in [5, 5.41) is 8.84. The molecule has 0 atom stereocenters. The lowest BCUT2D eigenvalue weighted by Gasteiger charge is -2.13. The van der Waals surface area contributed by atoms with Crippen LogP contribution >= 0.6 is 15.9 Å². The lowest BCUT2D eigenvalue weighted by atomic mass is 9.92. The van der Waals surface area contributed by atoms with Crippen molar-refractivity contribution in [2.45, 2.75) is 12.8 Å². The van der Waals surface area contributed by atoms with Crippen LogP contribution in [-0.2, 0) is 11.2 Å². The molecule has 0 aliphatic heterocycles. The van der Waals surface area contributed by atoms with Crippen molar-refractivity contribution in [3.8, 4) is 0 Å². The molecule has 0 unspecified atom stereocenters. The van der Waals surface area contributed by atoms with Gasteiger partial charge in [-0.1, -0.05) is 22.0 Å². The summed E-state index contributed by atoms with van der Waals surface area (Å²) in [7, 11) is 0. The van der Waals surface area contributed by atoms with Crippen molar-refractivity contribution < 1.29 is 9.90 Å². The van der Waals surface area contributed by atoms with E-state index >= 15 is 0 Å². The lowest BCUT2D eigenvalue weighted by molar-refractivity contribution is -0.132. The van der Waals surface area contributed by atoms with E-state index in [1.54, 1.807) is 6.08 Å². The Kier molecular flexibility index (Phi) is 2.42. The van der Waals surface area contributed by atoms with Crippen molar-refractivity contribution in [2.75, 3.05) is 0 Å². The maximum atomic E-state index is 10.8. The molecule has 0 heterocycles. The second-order valence-electron chi connectivity index (χ2n) is 3.32. The van der Waals surface area contributed by atoms with Gasteiger partial charge in [-0.25, -0.2) is 4.79 Å². The smallest absolute Gasteiger partial charge is 0.331 e. The molecule has 3 heteroatoms. The zero-order valence-corrected chi connectivity index (χ0v) is 9.04. The van der Waals surface area contributed by atoms with E-state index in [2.05, 4.69) is 15.9 Å². The summed E-state index contributed by atoms with van der Waals surface area (Å²) in [5.74, 6) is -0.807. The Balaban J connectivity index is 2.45. The molecule has 2 rings (SSSR count). The zero-order chi connectivity index (χ0) is 10.1. The molecule has 1 aliphatic carbocycles. The number of hydrogen-bond acceptors (Lipinski definition) is 1. The third-order valence-electron chi connectivity index (χ3n) is 2.37. The van der Waals surface area contributed by atoms with Crippen molar-refractivity contribution >= 4 is 28.0 Å². The van der Waals surface area contributed by atoms with Gasteiger partial charge in [0.15, 0.2) is 0 Å². The minimum absolute atomic E-state index is 0.500. The molecule has 0 aromatic heterocycles. The largest absolute Gasteiger partial charge is 0.478 e. The number of benzene rings is 1. The predicted molar refractivity (Wildman–Crippen MR) is 58.1 cm³/mol. The van der Waals surface area contributed by atoms with Crippen LogP contribution in [0.2, 0.25) is 0 Å². The molecule has 0 bridgehead atoms. The Morgan fingerprint density at radius 1 is 1.36 bits per heavy atom. The number of carboxylic acid groups (broad SMARTS) is 1. The van der Waals surface area contributed by atoms with Crippen LogP contribution in [0.4, 0.5) is 0 Å². The van der Waals surface area contributed by atoms with Crippen LogP contribution in [0.1, 0.15) is 17.5 Å². The van der Waals surface area contributed by atoms with Gasteiger partial charge in [0.05, 0.1) is 0 Å². The topological polar surface area (TPSA) is 37.3 Å². The van der Waals surface area contributed by atoms with Gasteiger partial charge in [-0.3, -0.25) is 0 Å². The maximum absolute atomic E-state index is 10.8. The van der Waals surface area contributed by atoms with E-state index in [1.807, 2.05) is 18.2 Å². The predicted octanol–water partition coefficient (Wildman–Crippen LogP) is 2.86. The monoisotopic (exact) mass is 252 g/mol. The molecule has 1 aliphatic rings. The van der Waals surface area contributed by atoms with Gasteiger partial charge in [0.1, 0.15) is 0 Å². The van der Waals surface area contributed by atoms with E-state index in [-0.39, 0.29) is 0 Å². The minimum Gasteiger partial charge on any atom is -0.478 e. The highest BCUT2D eigenvalue weighted by Crippen LogP contribution is 2.26. The number of carbonyl (C=O) groups is 1. The Hall–Kier alpha value is -1.09. The van der Waals surface area contributed by atoms with Crippen molar-refractivity contribution in [3.05, 3.63) is 39.4 Å². The molecule has 1 N–H and O–H groups in total. The molecule has 2 nitrogen and oxygen atoms in total. The molecule has 72 valence electrons. The molecule has 0 saturated carbocycles. The number of aliphatic carboxylic acids is 1. The summed E-state index contributed by atoms with van der Waals surface area (Å²) in [6.07, 6.45) is 3.19. The fraction of sp³-hybridized carbons (Fsp3) is 0.182. The second-order valence-corrected chi connectivity index (χ2v) is 4.23. The van der Waals surface area contributed by atoms with Gasteiger partial charge >= 0.3 is 5.97 Å². The van der Waals surface area contributed by atoms with Gasteiger partial charge in [-0.05, 0) is 42.2 Å². The standard InChI is InChI=1S/C11H9BrO2/c12-10-4-3-7-5-9(11(13)14)2-1-8(7)6-10/h3-6H,1-2H2,(H,13,14). The van der Waals surface area contributed by atoms with E-state index < -0.39 is 5.97 Å². The van der Waals surface area contributed by atoms with Gasteiger partial charge in [0.25, 0.3) is 0 Å². The molecular formula is C11H9BrO2. The first-order chi connectivity index (χ1) is 6.66. The SMILES string of the molecule is O=C(O)C1=Cc2ccc(Br)cc2CC1. The highest BCUT2D eigenvalue weighted by atomic mass is 79.9. The fourth-order valence-corrected chi connectivity index (χ4v) is 2.04. The molecular weight excluding hydrogens is 244 g/mol. The summed E-state index contributed by atoms with van der Waals surface area (Å²) in [6.45, 7) is 0. The highest BCUT2D eigenvalue weighted by Gasteiger charge is 2.14. The third-order valence-corrected chi connectivity index (χ3v) is 2.87. The average Bonchev–Trinajstić information content (AvgIpc) is 2.16. The summed E-state index contributed by atoms with van der Waals surface area (Å²) in [6, 6.07) is 5.92. The quantitative estimate of drug-likeness (QED) is 0.835. The third kappa shape index (κ3) is 1.73. The Morgan fingerprint density at radius 3 is 2.86 bits per heavy atom. The minimum atomic E-state index is -0.807. The number of aryl methyl sites for hydroxylation is 1. The van der Waals surface area contributed by atoms with Gasteiger partial charge in [-0.2, -0.15) is 0 Å². The van der Waals surface area contributed by atoms with E-state index in [0.717, 1.165) is 16.5 Å². The van der Waals surface area contributed by atoms with Crippen LogP contribution in [0.15, 0.2) is 28.2 Å². The molecule has 14 heavy (non-hydrogen) atoms. The van der Waals surface area contributed by atoms with Gasteiger partial charge in [0, 0.05) is 10.0 Å². The number of fused-ring (bicyclic) bond motifs is 1. The summed E-state index contributed by atoms with van der Waals surface area (Å²) >= 11 is 3.40. The molecule has 0 fully saturated rings. The van der Waals surface area contributed by atoms with E-state index in [1.165, 1.54) is 5.56 Å². The summed E-state index contributed by atoms with van der Waals surface area (Å²) in [4.78, 5) is 10.8. The van der Waals surface area contributed by atoms with Gasteiger partial charge in [0.2, 0.25) is 0 Å². The highest BCUT2D eigenvalue weighted by molar-refractivity contribution is 9.10. The average molecular weight is 253 g/mol. The van der Waals surface area contributed by atoms with Crippen LogP contribution in [0.25, 0.3) is 6.08 Å². The first kappa shape index (κ1) is 9.46. The number of halogens is 1. The van der Waals surface area contributed by atoms with Crippen molar-refractivity contribution in [1.82, 2.24) is 0 Å². The van der Waals surface area contributed by atoms with Crippen LogP contribution < -0.4 is 0 Å². The van der Waals surface area contributed by atoms with Crippen molar-refractivity contribution in [3.63, 3.8) is 0 Å². The van der Waals surface area contributed by atoms with Crippen molar-refractivity contribution in [1.29, 1.82) is 0 Å². The number of rotatable bonds is 1. The van der Waals surface area contributed by atoms with E-state index in [4.69, 9.17) is 5.11 Å². The second kappa shape index (κ2) is 3.58. The van der Waals surface area contributed by atoms with Gasteiger partial charge in [-0.15, -0.1) is 0 Å². The number of hydrogen-bond donors (Lipinski definition) is 1. The Bertz CT molecular complexity index is 421. The summed E-state index contributed by atoms with van der Waals surface area (Å²) < 4.78 is 1.04. The molecule has 0 saturated heterocycles. The van der Waals surface area contributed by atoms with Crippen molar-refractivity contribution in [2.24, 2.45) is 0 Å².